The normalized spacial score (nSPS) is 28.0. The topological polar surface area (TPSA) is 49.8 Å². The zero-order valence-corrected chi connectivity index (χ0v) is 13.7. The lowest BCUT2D eigenvalue weighted by atomic mass is 9.78. The number of hydrogen-bond donors (Lipinski definition) is 1. The van der Waals surface area contributed by atoms with Crippen LogP contribution in [0.25, 0.3) is 0 Å². The Hall–Kier alpha value is -1.10. The van der Waals surface area contributed by atoms with Gasteiger partial charge in [0.15, 0.2) is 0 Å². The van der Waals surface area contributed by atoms with Gasteiger partial charge in [-0.15, -0.1) is 12.4 Å². The molecule has 0 spiro atoms. The highest BCUT2D eigenvalue weighted by molar-refractivity contribution is 5.85. The van der Waals surface area contributed by atoms with Gasteiger partial charge in [-0.1, -0.05) is 30.3 Å². The molecular formula is C17H24ClNO3. The summed E-state index contributed by atoms with van der Waals surface area (Å²) in [4.78, 5) is 14.2. The van der Waals surface area contributed by atoms with E-state index in [4.69, 9.17) is 4.74 Å². The number of carbonyl (C=O) groups is 1. The van der Waals surface area contributed by atoms with Crippen molar-refractivity contribution in [2.24, 2.45) is 5.92 Å². The Morgan fingerprint density at radius 3 is 2.45 bits per heavy atom. The van der Waals surface area contributed by atoms with Crippen LogP contribution in [0, 0.1) is 5.92 Å². The van der Waals surface area contributed by atoms with Gasteiger partial charge in [0, 0.05) is 26.1 Å². The van der Waals surface area contributed by atoms with E-state index in [1.807, 2.05) is 25.1 Å². The number of hydrogen-bond acceptors (Lipinski definition) is 4. The third-order valence-electron chi connectivity index (χ3n) is 4.79. The summed E-state index contributed by atoms with van der Waals surface area (Å²) in [5.41, 5.74) is 0.409. The van der Waals surface area contributed by atoms with Crippen LogP contribution in [0.5, 0.6) is 0 Å². The molecule has 1 aromatic carbocycles. The van der Waals surface area contributed by atoms with Crippen molar-refractivity contribution < 1.29 is 14.6 Å². The Morgan fingerprint density at radius 1 is 1.27 bits per heavy atom. The van der Waals surface area contributed by atoms with Crippen molar-refractivity contribution in [2.45, 2.75) is 44.4 Å². The second-order valence-corrected chi connectivity index (χ2v) is 6.40. The van der Waals surface area contributed by atoms with Crippen molar-refractivity contribution in [1.82, 2.24) is 4.90 Å². The molecular weight excluding hydrogens is 302 g/mol. The molecule has 2 aliphatic rings. The van der Waals surface area contributed by atoms with Crippen LogP contribution < -0.4 is 0 Å². The molecule has 2 heterocycles. The molecule has 5 heteroatoms. The van der Waals surface area contributed by atoms with Crippen molar-refractivity contribution in [3.05, 3.63) is 35.9 Å². The first-order valence-corrected chi connectivity index (χ1v) is 7.76. The van der Waals surface area contributed by atoms with E-state index in [0.29, 0.717) is 19.3 Å². The van der Waals surface area contributed by atoms with Crippen LogP contribution in [0.1, 0.15) is 31.7 Å². The highest BCUT2D eigenvalue weighted by Gasteiger charge is 2.48. The van der Waals surface area contributed by atoms with E-state index in [2.05, 4.69) is 17.0 Å². The van der Waals surface area contributed by atoms with Crippen LogP contribution in [-0.4, -0.2) is 40.8 Å². The van der Waals surface area contributed by atoms with E-state index < -0.39 is 5.60 Å². The Bertz CT molecular complexity index is 500. The number of cyclic esters (lactones) is 1. The van der Waals surface area contributed by atoms with Gasteiger partial charge in [0.05, 0.1) is 17.6 Å². The lowest BCUT2D eigenvalue weighted by Gasteiger charge is -2.40. The maximum Gasteiger partial charge on any atom is 0.312 e. The van der Waals surface area contributed by atoms with Gasteiger partial charge in [0.1, 0.15) is 0 Å². The number of benzene rings is 1. The summed E-state index contributed by atoms with van der Waals surface area (Å²) < 4.78 is 5.20. The summed E-state index contributed by atoms with van der Waals surface area (Å²) in [7, 11) is 0. The summed E-state index contributed by atoms with van der Waals surface area (Å²) in [6, 6.07) is 10.4. The second kappa shape index (κ2) is 6.99. The van der Waals surface area contributed by atoms with Gasteiger partial charge in [-0.05, 0) is 25.3 Å². The quantitative estimate of drug-likeness (QED) is 0.867. The number of esters is 1. The number of halogens is 1. The number of carbonyl (C=O) groups excluding carboxylic acids is 1. The highest BCUT2D eigenvalue weighted by atomic mass is 35.5. The van der Waals surface area contributed by atoms with E-state index in [9.17, 15) is 9.90 Å². The highest BCUT2D eigenvalue weighted by Crippen LogP contribution is 2.37. The van der Waals surface area contributed by atoms with Crippen LogP contribution in [0.3, 0.4) is 0 Å². The second-order valence-electron chi connectivity index (χ2n) is 6.40. The van der Waals surface area contributed by atoms with E-state index in [-0.39, 0.29) is 30.4 Å². The van der Waals surface area contributed by atoms with Crippen LogP contribution in [-0.2, 0) is 16.1 Å². The van der Waals surface area contributed by atoms with Crippen molar-refractivity contribution in [1.29, 1.82) is 0 Å². The third-order valence-corrected chi connectivity index (χ3v) is 4.79. The van der Waals surface area contributed by atoms with Gasteiger partial charge in [0.2, 0.25) is 0 Å². The Kier molecular flexibility index (Phi) is 5.48. The summed E-state index contributed by atoms with van der Waals surface area (Å²) in [5, 5.41) is 10.8. The zero-order valence-electron chi connectivity index (χ0n) is 12.9. The molecule has 1 N–H and O–H groups in total. The average Bonchev–Trinajstić information content (AvgIpc) is 2.82. The Balaban J connectivity index is 0.00000176. The van der Waals surface area contributed by atoms with Gasteiger partial charge in [-0.3, -0.25) is 9.69 Å². The Labute approximate surface area is 137 Å². The lowest BCUT2D eigenvalue weighted by Crippen LogP contribution is -2.49. The van der Waals surface area contributed by atoms with Gasteiger partial charge in [-0.2, -0.15) is 0 Å². The number of rotatable bonds is 3. The number of piperidine rings is 1. The molecule has 2 fully saturated rings. The Morgan fingerprint density at radius 2 is 1.91 bits per heavy atom. The van der Waals surface area contributed by atoms with Crippen molar-refractivity contribution in [2.75, 3.05) is 13.1 Å². The van der Waals surface area contributed by atoms with Gasteiger partial charge in [-0.25, -0.2) is 0 Å². The summed E-state index contributed by atoms with van der Waals surface area (Å²) in [6.07, 6.45) is 1.88. The fraction of sp³-hybridized carbons (Fsp3) is 0.588. The molecule has 22 heavy (non-hydrogen) atoms. The fourth-order valence-corrected chi connectivity index (χ4v) is 3.48. The fourth-order valence-electron chi connectivity index (χ4n) is 3.48. The summed E-state index contributed by atoms with van der Waals surface area (Å²) >= 11 is 0. The maximum absolute atomic E-state index is 11.9. The maximum atomic E-state index is 11.9. The number of aliphatic hydroxyl groups is 1. The van der Waals surface area contributed by atoms with Crippen LogP contribution in [0.2, 0.25) is 0 Å². The SMILES string of the molecule is CC1CC(C2(O)CCN(Cc3ccccc3)CC2)C(=O)O1.Cl. The molecule has 0 amide bonds. The standard InChI is InChI=1S/C17H23NO3.ClH/c1-13-11-15(16(19)21-13)17(20)7-9-18(10-8-17)12-14-5-3-2-4-6-14;/h2-6,13,15,20H,7-12H2,1H3;1H. The summed E-state index contributed by atoms with van der Waals surface area (Å²) in [6.45, 7) is 4.45. The minimum atomic E-state index is -0.880. The average molecular weight is 326 g/mol. The van der Waals surface area contributed by atoms with Gasteiger partial charge in [0.25, 0.3) is 0 Å². The van der Waals surface area contributed by atoms with E-state index in [0.717, 1.165) is 19.6 Å². The molecule has 0 aromatic heterocycles. The van der Waals surface area contributed by atoms with Gasteiger partial charge < -0.3 is 9.84 Å². The van der Waals surface area contributed by atoms with Crippen molar-refractivity contribution in [3.8, 4) is 0 Å². The zero-order chi connectivity index (χ0) is 14.9. The number of nitrogens with zero attached hydrogens (tertiary/aromatic N) is 1. The first-order chi connectivity index (χ1) is 10.1. The molecule has 2 saturated heterocycles. The molecule has 4 nitrogen and oxygen atoms in total. The number of ether oxygens (including phenoxy) is 1. The first-order valence-electron chi connectivity index (χ1n) is 7.76. The smallest absolute Gasteiger partial charge is 0.312 e. The molecule has 1 aromatic rings. The lowest BCUT2D eigenvalue weighted by molar-refractivity contribution is -0.153. The van der Waals surface area contributed by atoms with Crippen molar-refractivity contribution >= 4 is 18.4 Å². The van der Waals surface area contributed by atoms with Crippen molar-refractivity contribution in [3.63, 3.8) is 0 Å². The van der Waals surface area contributed by atoms with Crippen LogP contribution in [0.4, 0.5) is 0 Å². The van der Waals surface area contributed by atoms with Gasteiger partial charge >= 0.3 is 5.97 Å². The molecule has 2 aliphatic heterocycles. The molecule has 0 aliphatic carbocycles. The molecule has 2 atom stereocenters. The predicted molar refractivity (Wildman–Crippen MR) is 86.8 cm³/mol. The summed E-state index contributed by atoms with van der Waals surface area (Å²) in [5.74, 6) is -0.562. The van der Waals surface area contributed by atoms with E-state index >= 15 is 0 Å². The molecule has 2 unspecified atom stereocenters. The third kappa shape index (κ3) is 3.62. The van der Waals surface area contributed by atoms with Crippen LogP contribution in [0.15, 0.2) is 30.3 Å². The minimum absolute atomic E-state index is 0. The monoisotopic (exact) mass is 325 g/mol. The largest absolute Gasteiger partial charge is 0.462 e. The molecule has 122 valence electrons. The predicted octanol–water partition coefficient (Wildman–Crippen LogP) is 2.39. The molecule has 0 bridgehead atoms. The molecule has 0 saturated carbocycles. The minimum Gasteiger partial charge on any atom is -0.462 e. The van der Waals surface area contributed by atoms with E-state index in [1.165, 1.54) is 5.56 Å². The molecule has 0 radical (unpaired) electrons. The van der Waals surface area contributed by atoms with E-state index in [1.54, 1.807) is 0 Å². The number of likely N-dealkylation sites (tertiary alicyclic amines) is 1. The van der Waals surface area contributed by atoms with Crippen LogP contribution >= 0.6 is 12.4 Å². The molecule has 3 rings (SSSR count). The first kappa shape index (κ1) is 17.3.